The highest BCUT2D eigenvalue weighted by molar-refractivity contribution is 6.08. The van der Waals surface area contributed by atoms with Crippen molar-refractivity contribution >= 4 is 17.5 Å². The number of carbonyl (C=O) groups excluding carboxylic acids is 2. The summed E-state index contributed by atoms with van der Waals surface area (Å²) in [7, 11) is 0. The molecule has 2 heterocycles. The summed E-state index contributed by atoms with van der Waals surface area (Å²) < 4.78 is 14.0. The Balaban J connectivity index is 1.39. The Morgan fingerprint density at radius 1 is 0.808 bits per heavy atom. The fourth-order valence-electron chi connectivity index (χ4n) is 4.21. The molecule has 0 unspecified atom stereocenters. The van der Waals surface area contributed by atoms with Gasteiger partial charge in [0.1, 0.15) is 11.2 Å². The zero-order valence-corrected chi connectivity index (χ0v) is 15.1. The number of amides is 2. The lowest BCUT2D eigenvalue weighted by Gasteiger charge is -2.38. The molecule has 3 fully saturated rings. The second-order valence-corrected chi connectivity index (χ2v) is 7.67. The number of carbonyl (C=O) groups is 2. The van der Waals surface area contributed by atoms with Crippen LogP contribution in [0.4, 0.5) is 10.1 Å². The summed E-state index contributed by atoms with van der Waals surface area (Å²) in [6, 6.07) is 6.74. The molecule has 1 aromatic rings. The fourth-order valence-corrected chi connectivity index (χ4v) is 4.21. The average molecular weight is 359 g/mol. The molecule has 2 aliphatic heterocycles. The Labute approximate surface area is 153 Å². The lowest BCUT2D eigenvalue weighted by atomic mass is 10.00. The van der Waals surface area contributed by atoms with E-state index in [0.29, 0.717) is 44.7 Å². The van der Waals surface area contributed by atoms with Crippen molar-refractivity contribution in [1.82, 2.24) is 9.80 Å². The predicted octanol–water partition coefficient (Wildman–Crippen LogP) is 2.27. The molecule has 0 atom stereocenters. The maximum Gasteiger partial charge on any atom is 0.238 e. The third-order valence-corrected chi connectivity index (χ3v) is 5.97. The summed E-state index contributed by atoms with van der Waals surface area (Å²) in [6.07, 6.45) is 4.60. The van der Waals surface area contributed by atoms with Gasteiger partial charge in [-0.3, -0.25) is 9.59 Å². The largest absolute Gasteiger partial charge is 0.366 e. The number of hydrogen-bond donors (Lipinski definition) is 0. The lowest BCUT2D eigenvalue weighted by Crippen LogP contribution is -2.54. The second-order valence-electron chi connectivity index (χ2n) is 7.67. The summed E-state index contributed by atoms with van der Waals surface area (Å²) in [5, 5.41) is 0. The number of halogens is 1. The topological polar surface area (TPSA) is 43.9 Å². The van der Waals surface area contributed by atoms with Crippen molar-refractivity contribution in [1.29, 1.82) is 0 Å². The van der Waals surface area contributed by atoms with Crippen LogP contribution in [0.5, 0.6) is 0 Å². The van der Waals surface area contributed by atoms with Gasteiger partial charge in [-0.15, -0.1) is 0 Å². The van der Waals surface area contributed by atoms with Gasteiger partial charge in [-0.25, -0.2) is 4.39 Å². The van der Waals surface area contributed by atoms with Crippen molar-refractivity contribution in [3.8, 4) is 0 Å². The van der Waals surface area contributed by atoms with Crippen molar-refractivity contribution in [3.05, 3.63) is 30.1 Å². The molecule has 1 aromatic carbocycles. The molecular formula is C20H26FN3O2. The Kier molecular flexibility index (Phi) is 4.59. The first-order chi connectivity index (χ1) is 12.6. The number of piperazine rings is 1. The molecule has 4 rings (SSSR count). The number of para-hydroxylation sites is 1. The summed E-state index contributed by atoms with van der Waals surface area (Å²) in [4.78, 5) is 31.7. The van der Waals surface area contributed by atoms with Gasteiger partial charge >= 0.3 is 0 Å². The van der Waals surface area contributed by atoms with E-state index in [0.717, 1.165) is 25.9 Å². The van der Waals surface area contributed by atoms with Gasteiger partial charge in [-0.1, -0.05) is 12.1 Å². The van der Waals surface area contributed by atoms with E-state index < -0.39 is 5.41 Å². The Bertz CT molecular complexity index is 690. The highest BCUT2D eigenvalue weighted by Crippen LogP contribution is 2.49. The molecule has 0 radical (unpaired) electrons. The molecule has 3 aliphatic rings. The number of rotatable bonds is 3. The van der Waals surface area contributed by atoms with Crippen molar-refractivity contribution in [2.24, 2.45) is 5.41 Å². The van der Waals surface area contributed by atoms with Crippen LogP contribution < -0.4 is 4.90 Å². The minimum Gasteiger partial charge on any atom is -0.366 e. The van der Waals surface area contributed by atoms with Gasteiger partial charge in [0.15, 0.2) is 0 Å². The molecule has 140 valence electrons. The molecular weight excluding hydrogens is 333 g/mol. The third kappa shape index (κ3) is 3.06. The van der Waals surface area contributed by atoms with Gasteiger partial charge < -0.3 is 14.7 Å². The molecule has 5 nitrogen and oxygen atoms in total. The summed E-state index contributed by atoms with van der Waals surface area (Å²) in [5.41, 5.74) is -0.206. The van der Waals surface area contributed by atoms with Crippen LogP contribution in [0.15, 0.2) is 24.3 Å². The SMILES string of the molecule is O=C(N1CCCCC1)C1(C(=O)N2CCN(c3ccccc3F)CC2)CC1. The number of benzene rings is 1. The molecule has 26 heavy (non-hydrogen) atoms. The minimum atomic E-state index is -0.794. The van der Waals surface area contributed by atoms with Crippen molar-refractivity contribution in [2.45, 2.75) is 32.1 Å². The smallest absolute Gasteiger partial charge is 0.238 e. The van der Waals surface area contributed by atoms with Gasteiger partial charge in [0.2, 0.25) is 11.8 Å². The van der Waals surface area contributed by atoms with Crippen molar-refractivity contribution < 1.29 is 14.0 Å². The quantitative estimate of drug-likeness (QED) is 0.778. The second kappa shape index (κ2) is 6.89. The standard InChI is InChI=1S/C20H26FN3O2/c21-16-6-2-3-7-17(16)22-12-14-24(15-13-22)19(26)20(8-9-20)18(25)23-10-4-1-5-11-23/h2-3,6-7H,1,4-5,8-15H2. The van der Waals surface area contributed by atoms with E-state index in [9.17, 15) is 14.0 Å². The molecule has 0 bridgehead atoms. The zero-order valence-electron chi connectivity index (χ0n) is 15.1. The van der Waals surface area contributed by atoms with E-state index in [4.69, 9.17) is 0 Å². The fraction of sp³-hybridized carbons (Fsp3) is 0.600. The highest BCUT2D eigenvalue weighted by Gasteiger charge is 2.59. The van der Waals surface area contributed by atoms with E-state index in [1.54, 1.807) is 12.1 Å². The molecule has 2 saturated heterocycles. The number of hydrogen-bond acceptors (Lipinski definition) is 3. The van der Waals surface area contributed by atoms with Crippen LogP contribution in [0.1, 0.15) is 32.1 Å². The maximum absolute atomic E-state index is 14.0. The molecule has 1 saturated carbocycles. The minimum absolute atomic E-state index is 0.0127. The third-order valence-electron chi connectivity index (χ3n) is 5.97. The van der Waals surface area contributed by atoms with Crippen molar-refractivity contribution in [3.63, 3.8) is 0 Å². The van der Waals surface area contributed by atoms with E-state index in [2.05, 4.69) is 0 Å². The van der Waals surface area contributed by atoms with Crippen LogP contribution >= 0.6 is 0 Å². The Morgan fingerprint density at radius 2 is 1.38 bits per heavy atom. The van der Waals surface area contributed by atoms with Gasteiger partial charge in [-0.2, -0.15) is 0 Å². The van der Waals surface area contributed by atoms with Crippen LogP contribution in [-0.4, -0.2) is 60.9 Å². The number of anilines is 1. The van der Waals surface area contributed by atoms with Gasteiger partial charge in [0.25, 0.3) is 0 Å². The van der Waals surface area contributed by atoms with Crippen molar-refractivity contribution in [2.75, 3.05) is 44.2 Å². The lowest BCUT2D eigenvalue weighted by molar-refractivity contribution is -0.150. The monoisotopic (exact) mass is 359 g/mol. The molecule has 0 N–H and O–H groups in total. The zero-order chi connectivity index (χ0) is 18.1. The molecule has 1 aliphatic carbocycles. The molecule has 0 aromatic heterocycles. The van der Waals surface area contributed by atoms with E-state index in [1.165, 1.54) is 12.5 Å². The maximum atomic E-state index is 14.0. The van der Waals surface area contributed by atoms with E-state index in [1.807, 2.05) is 20.8 Å². The molecule has 6 heteroatoms. The molecule has 2 amide bonds. The normalized spacial score (nSPS) is 22.3. The van der Waals surface area contributed by atoms with Crippen LogP contribution in [0.3, 0.4) is 0 Å². The van der Waals surface area contributed by atoms with E-state index in [-0.39, 0.29) is 17.6 Å². The predicted molar refractivity (Wildman–Crippen MR) is 97.3 cm³/mol. The highest BCUT2D eigenvalue weighted by atomic mass is 19.1. The first-order valence-electron chi connectivity index (χ1n) is 9.70. The summed E-state index contributed by atoms with van der Waals surface area (Å²) >= 11 is 0. The van der Waals surface area contributed by atoms with E-state index >= 15 is 0 Å². The van der Waals surface area contributed by atoms with Gasteiger partial charge in [0, 0.05) is 39.3 Å². The van der Waals surface area contributed by atoms with Crippen LogP contribution in [-0.2, 0) is 9.59 Å². The Hall–Kier alpha value is -2.11. The van der Waals surface area contributed by atoms with Crippen LogP contribution in [0, 0.1) is 11.2 Å². The van der Waals surface area contributed by atoms with Gasteiger partial charge in [0.05, 0.1) is 5.69 Å². The average Bonchev–Trinajstić information content (AvgIpc) is 3.50. The molecule has 0 spiro atoms. The Morgan fingerprint density at radius 3 is 1.96 bits per heavy atom. The van der Waals surface area contributed by atoms with Crippen LogP contribution in [0.25, 0.3) is 0 Å². The summed E-state index contributed by atoms with van der Waals surface area (Å²) in [6.45, 7) is 3.86. The number of nitrogens with zero attached hydrogens (tertiary/aromatic N) is 3. The first kappa shape index (κ1) is 17.3. The first-order valence-corrected chi connectivity index (χ1v) is 9.70. The number of piperidine rings is 1. The van der Waals surface area contributed by atoms with Crippen LogP contribution in [0.2, 0.25) is 0 Å². The summed E-state index contributed by atoms with van der Waals surface area (Å²) in [5.74, 6) is -0.203. The number of likely N-dealkylation sites (tertiary alicyclic amines) is 1. The van der Waals surface area contributed by atoms with Gasteiger partial charge in [-0.05, 0) is 44.2 Å².